The Morgan fingerprint density at radius 1 is 1.17 bits per heavy atom. The zero-order chi connectivity index (χ0) is 20.2. The summed E-state index contributed by atoms with van der Waals surface area (Å²) in [6.07, 6.45) is 5.02. The number of carbonyl (C=O) groups is 2. The van der Waals surface area contributed by atoms with E-state index in [1.165, 1.54) is 23.2 Å². The average molecular weight is 411 g/mol. The number of anilines is 1. The van der Waals surface area contributed by atoms with Gasteiger partial charge in [-0.25, -0.2) is 4.79 Å². The molecule has 0 atom stereocenters. The molecular formula is C20H21N5O3S. The van der Waals surface area contributed by atoms with Crippen molar-refractivity contribution in [2.24, 2.45) is 0 Å². The van der Waals surface area contributed by atoms with Crippen LogP contribution in [0.5, 0.6) is 0 Å². The average Bonchev–Trinajstić information content (AvgIpc) is 3.25. The largest absolute Gasteiger partial charge is 0.465 e. The lowest BCUT2D eigenvalue weighted by Gasteiger charge is -2.07. The Hall–Kier alpha value is -3.07. The number of methoxy groups -OCH3 is 1. The molecule has 0 saturated heterocycles. The van der Waals surface area contributed by atoms with Crippen molar-refractivity contribution in [3.05, 3.63) is 46.3 Å². The van der Waals surface area contributed by atoms with Gasteiger partial charge in [-0.1, -0.05) is 36.8 Å². The second-order valence-electron chi connectivity index (χ2n) is 6.82. The Bertz CT molecular complexity index is 1030. The Labute approximate surface area is 171 Å². The number of hydrogen-bond acceptors (Lipinski definition) is 7. The number of aryl methyl sites for hydroxylation is 1. The minimum Gasteiger partial charge on any atom is -0.465 e. The van der Waals surface area contributed by atoms with Gasteiger partial charge < -0.3 is 10.1 Å². The number of thiophene rings is 1. The number of benzene rings is 1. The quantitative estimate of drug-likeness (QED) is 0.512. The van der Waals surface area contributed by atoms with E-state index in [0.717, 1.165) is 48.1 Å². The summed E-state index contributed by atoms with van der Waals surface area (Å²) in [5.41, 5.74) is 2.33. The van der Waals surface area contributed by atoms with Crippen LogP contribution in [-0.2, 0) is 28.9 Å². The van der Waals surface area contributed by atoms with Gasteiger partial charge in [0, 0.05) is 10.4 Å². The molecule has 8 nitrogen and oxygen atoms in total. The number of nitrogens with zero attached hydrogens (tertiary/aromatic N) is 4. The van der Waals surface area contributed by atoms with Gasteiger partial charge in [-0.2, -0.15) is 4.80 Å². The predicted octanol–water partition coefficient (Wildman–Crippen LogP) is 3.10. The van der Waals surface area contributed by atoms with E-state index in [9.17, 15) is 9.59 Å². The summed E-state index contributed by atoms with van der Waals surface area (Å²) < 4.78 is 4.97. The molecule has 0 radical (unpaired) electrons. The van der Waals surface area contributed by atoms with Gasteiger partial charge in [-0.3, -0.25) is 4.79 Å². The molecule has 3 aromatic rings. The Morgan fingerprint density at radius 2 is 1.97 bits per heavy atom. The molecular weight excluding hydrogens is 390 g/mol. The number of esters is 1. The molecule has 1 amide bonds. The first kappa shape index (κ1) is 19.3. The number of nitrogens with one attached hydrogen (secondary N) is 1. The van der Waals surface area contributed by atoms with Crippen molar-refractivity contribution >= 4 is 28.2 Å². The van der Waals surface area contributed by atoms with E-state index in [1.807, 2.05) is 30.3 Å². The van der Waals surface area contributed by atoms with Gasteiger partial charge >= 0.3 is 5.97 Å². The highest BCUT2D eigenvalue weighted by Crippen LogP contribution is 2.37. The second-order valence-corrected chi connectivity index (χ2v) is 7.92. The van der Waals surface area contributed by atoms with Crippen molar-refractivity contribution in [1.29, 1.82) is 0 Å². The van der Waals surface area contributed by atoms with Gasteiger partial charge in [0.05, 0.1) is 12.7 Å². The third-order valence-electron chi connectivity index (χ3n) is 4.83. The van der Waals surface area contributed by atoms with E-state index in [4.69, 9.17) is 4.74 Å². The Morgan fingerprint density at radius 3 is 2.76 bits per heavy atom. The van der Waals surface area contributed by atoms with Crippen molar-refractivity contribution < 1.29 is 14.3 Å². The number of hydrogen-bond donors (Lipinski definition) is 1. The zero-order valence-corrected chi connectivity index (χ0v) is 16.9. The molecule has 4 rings (SSSR count). The first-order chi connectivity index (χ1) is 14.2. The first-order valence-corrected chi connectivity index (χ1v) is 10.3. The summed E-state index contributed by atoms with van der Waals surface area (Å²) in [6, 6.07) is 9.43. The van der Waals surface area contributed by atoms with Crippen LogP contribution in [0.2, 0.25) is 0 Å². The maximum atomic E-state index is 12.6. The first-order valence-electron chi connectivity index (χ1n) is 9.51. The molecule has 0 fully saturated rings. The molecule has 1 aromatic carbocycles. The molecule has 150 valence electrons. The molecule has 0 saturated carbocycles. The molecule has 1 aliphatic carbocycles. The lowest BCUT2D eigenvalue weighted by Crippen LogP contribution is -2.21. The van der Waals surface area contributed by atoms with Gasteiger partial charge in [-0.15, -0.1) is 21.5 Å². The lowest BCUT2D eigenvalue weighted by molar-refractivity contribution is -0.117. The fraction of sp³-hybridized carbons (Fsp3) is 0.350. The normalized spacial score (nSPS) is 13.4. The Kier molecular flexibility index (Phi) is 5.66. The maximum absolute atomic E-state index is 12.6. The monoisotopic (exact) mass is 411 g/mol. The molecule has 0 aliphatic heterocycles. The Balaban J connectivity index is 1.51. The minimum atomic E-state index is -0.412. The van der Waals surface area contributed by atoms with Crippen LogP contribution < -0.4 is 5.32 Å². The van der Waals surface area contributed by atoms with Crippen LogP contribution in [-0.4, -0.2) is 39.2 Å². The van der Waals surface area contributed by atoms with Crippen molar-refractivity contribution in [2.45, 2.75) is 38.6 Å². The molecule has 0 spiro atoms. The highest BCUT2D eigenvalue weighted by molar-refractivity contribution is 7.17. The van der Waals surface area contributed by atoms with Crippen molar-refractivity contribution in [3.63, 3.8) is 0 Å². The van der Waals surface area contributed by atoms with E-state index in [2.05, 4.69) is 20.7 Å². The molecule has 29 heavy (non-hydrogen) atoms. The lowest BCUT2D eigenvalue weighted by atomic mass is 10.1. The highest BCUT2D eigenvalue weighted by Gasteiger charge is 2.26. The molecule has 2 heterocycles. The molecule has 2 aromatic heterocycles. The van der Waals surface area contributed by atoms with E-state index >= 15 is 0 Å². The maximum Gasteiger partial charge on any atom is 0.341 e. The summed E-state index contributed by atoms with van der Waals surface area (Å²) in [5.74, 6) is -0.273. The molecule has 0 bridgehead atoms. The van der Waals surface area contributed by atoms with Gasteiger partial charge in [0.25, 0.3) is 0 Å². The number of carbonyl (C=O) groups excluding carboxylic acids is 2. The number of tetrazole rings is 1. The van der Waals surface area contributed by atoms with Crippen LogP contribution in [0.25, 0.3) is 11.4 Å². The highest BCUT2D eigenvalue weighted by atomic mass is 32.1. The van der Waals surface area contributed by atoms with Gasteiger partial charge in [0.2, 0.25) is 11.7 Å². The smallest absolute Gasteiger partial charge is 0.341 e. The number of amides is 1. The van der Waals surface area contributed by atoms with Crippen LogP contribution in [0.3, 0.4) is 0 Å². The SMILES string of the molecule is COC(=O)c1c(NC(=O)Cn2nnc(-c3ccccc3)n2)sc2c1CCCCC2. The number of ether oxygens (including phenoxy) is 1. The topological polar surface area (TPSA) is 99.0 Å². The van der Waals surface area contributed by atoms with Crippen LogP contribution in [0.1, 0.15) is 40.1 Å². The van der Waals surface area contributed by atoms with E-state index < -0.39 is 5.97 Å². The van der Waals surface area contributed by atoms with Crippen molar-refractivity contribution in [1.82, 2.24) is 20.2 Å². The van der Waals surface area contributed by atoms with Gasteiger partial charge in [0.1, 0.15) is 11.5 Å². The van der Waals surface area contributed by atoms with Crippen molar-refractivity contribution in [3.8, 4) is 11.4 Å². The minimum absolute atomic E-state index is 0.0942. The van der Waals surface area contributed by atoms with Gasteiger partial charge in [-0.05, 0) is 36.5 Å². The van der Waals surface area contributed by atoms with E-state index in [-0.39, 0.29) is 12.5 Å². The summed E-state index contributed by atoms with van der Waals surface area (Å²) in [5, 5.41) is 15.6. The molecule has 1 N–H and O–H groups in total. The molecule has 0 unspecified atom stereocenters. The summed E-state index contributed by atoms with van der Waals surface area (Å²) in [7, 11) is 1.36. The van der Waals surface area contributed by atoms with Crippen molar-refractivity contribution in [2.75, 3.05) is 12.4 Å². The van der Waals surface area contributed by atoms with Crippen LogP contribution in [0, 0.1) is 0 Å². The second kappa shape index (κ2) is 8.52. The standard InChI is InChI=1S/C20H21N5O3S/c1-28-20(27)17-14-10-6-3-7-11-15(14)29-19(17)21-16(26)12-25-23-18(22-24-25)13-8-4-2-5-9-13/h2,4-5,8-9H,3,6-7,10-12H2,1H3,(H,21,26). The van der Waals surface area contributed by atoms with E-state index in [1.54, 1.807) is 0 Å². The zero-order valence-electron chi connectivity index (χ0n) is 16.1. The fourth-order valence-corrected chi connectivity index (χ4v) is 4.75. The third kappa shape index (κ3) is 4.19. The summed E-state index contributed by atoms with van der Waals surface area (Å²) in [6.45, 7) is -0.0942. The van der Waals surface area contributed by atoms with Crippen LogP contribution in [0.4, 0.5) is 5.00 Å². The number of fused-ring (bicyclic) bond motifs is 1. The predicted molar refractivity (Wildman–Crippen MR) is 109 cm³/mol. The third-order valence-corrected chi connectivity index (χ3v) is 6.04. The molecule has 1 aliphatic rings. The van der Waals surface area contributed by atoms with E-state index in [0.29, 0.717) is 16.4 Å². The van der Waals surface area contributed by atoms with Crippen LogP contribution in [0.15, 0.2) is 30.3 Å². The van der Waals surface area contributed by atoms with Gasteiger partial charge in [0.15, 0.2) is 0 Å². The van der Waals surface area contributed by atoms with Crippen LogP contribution >= 0.6 is 11.3 Å². The molecule has 9 heteroatoms. The summed E-state index contributed by atoms with van der Waals surface area (Å²) in [4.78, 5) is 27.4. The summed E-state index contributed by atoms with van der Waals surface area (Å²) >= 11 is 1.46. The fourth-order valence-electron chi connectivity index (χ4n) is 3.46. The number of rotatable bonds is 5. The number of aromatic nitrogens is 4.